The molecule has 0 spiro atoms. The molecule has 10 nitrogen and oxygen atoms in total. The first-order valence-corrected chi connectivity index (χ1v) is 11.6. The van der Waals surface area contributed by atoms with E-state index in [0.717, 1.165) is 28.1 Å². The number of fused-ring (bicyclic) bond motifs is 1. The van der Waals surface area contributed by atoms with Gasteiger partial charge in [0.2, 0.25) is 5.82 Å². The Balaban J connectivity index is 1.53. The molecule has 2 N–H and O–H groups in total. The van der Waals surface area contributed by atoms with E-state index >= 15 is 0 Å². The van der Waals surface area contributed by atoms with E-state index in [2.05, 4.69) is 30.6 Å². The number of benzene rings is 2. The van der Waals surface area contributed by atoms with Crippen molar-refractivity contribution < 1.29 is 0 Å². The summed E-state index contributed by atoms with van der Waals surface area (Å²) in [6.07, 6.45) is 0.635. The molecule has 0 saturated carbocycles. The zero-order valence-electron chi connectivity index (χ0n) is 19.8. The predicted octanol–water partition coefficient (Wildman–Crippen LogP) is 3.00. The second-order valence-electron chi connectivity index (χ2n) is 8.88. The Kier molecular flexibility index (Phi) is 5.86. The molecule has 0 fully saturated rings. The summed E-state index contributed by atoms with van der Waals surface area (Å²) in [5.74, 6) is 1.45. The van der Waals surface area contributed by atoms with Gasteiger partial charge in [-0.15, -0.1) is 10.2 Å². The van der Waals surface area contributed by atoms with Gasteiger partial charge >= 0.3 is 5.69 Å². The Morgan fingerprint density at radius 1 is 0.971 bits per heavy atom. The van der Waals surface area contributed by atoms with Crippen LogP contribution in [-0.4, -0.2) is 39.7 Å². The molecular formula is C25H26N8O2. The van der Waals surface area contributed by atoms with Crippen molar-refractivity contribution in [1.29, 1.82) is 0 Å². The number of hydrogen-bond donors (Lipinski definition) is 2. The minimum absolute atomic E-state index is 0.163. The van der Waals surface area contributed by atoms with Crippen molar-refractivity contribution in [2.75, 3.05) is 0 Å². The lowest BCUT2D eigenvalue weighted by atomic mass is 9.98. The molecule has 3 aromatic heterocycles. The molecule has 0 aliphatic rings. The van der Waals surface area contributed by atoms with Crippen molar-refractivity contribution >= 4 is 11.2 Å². The number of aromatic nitrogens is 8. The van der Waals surface area contributed by atoms with E-state index in [0.29, 0.717) is 36.5 Å². The first-order chi connectivity index (χ1) is 17.0. The third-order valence-electron chi connectivity index (χ3n) is 5.95. The molecule has 0 saturated heterocycles. The number of tetrazole rings is 1. The standard InChI is InChI=1S/C25H26N8O2/c1-4-20-26-23-21(24(34)33(13-15(2)3)25(35)27-23)32(20)14-16-9-11-17(12-10-16)18-7-5-6-8-19(18)22-28-30-31-29-22/h5-12,15H,4,13-14H2,1-3H3,(H,27,35)(H,28,29,30,31). The van der Waals surface area contributed by atoms with Crippen LogP contribution in [0.25, 0.3) is 33.7 Å². The Bertz CT molecular complexity index is 1590. The molecule has 0 bridgehead atoms. The summed E-state index contributed by atoms with van der Waals surface area (Å²) in [5.41, 5.74) is 3.94. The Hall–Kier alpha value is -4.34. The fourth-order valence-corrected chi connectivity index (χ4v) is 4.34. The highest BCUT2D eigenvalue weighted by molar-refractivity contribution is 5.80. The first kappa shape index (κ1) is 22.5. The molecule has 0 atom stereocenters. The summed E-state index contributed by atoms with van der Waals surface area (Å²) in [5, 5.41) is 14.4. The molecule has 178 valence electrons. The fraction of sp³-hybridized carbons (Fsp3) is 0.280. The quantitative estimate of drug-likeness (QED) is 0.376. The Morgan fingerprint density at radius 2 is 1.71 bits per heavy atom. The van der Waals surface area contributed by atoms with Crippen LogP contribution in [0, 0.1) is 5.92 Å². The predicted molar refractivity (Wildman–Crippen MR) is 133 cm³/mol. The van der Waals surface area contributed by atoms with Crippen molar-refractivity contribution in [2.24, 2.45) is 5.92 Å². The van der Waals surface area contributed by atoms with Crippen molar-refractivity contribution in [1.82, 2.24) is 39.7 Å². The zero-order chi connectivity index (χ0) is 24.5. The van der Waals surface area contributed by atoms with Gasteiger partial charge in [0, 0.05) is 25.1 Å². The van der Waals surface area contributed by atoms with E-state index in [1.165, 1.54) is 4.57 Å². The Labute approximate surface area is 200 Å². The van der Waals surface area contributed by atoms with Crippen molar-refractivity contribution in [3.63, 3.8) is 0 Å². The molecule has 3 heterocycles. The van der Waals surface area contributed by atoms with Crippen LogP contribution in [0.1, 0.15) is 32.2 Å². The topological polar surface area (TPSA) is 127 Å². The lowest BCUT2D eigenvalue weighted by Crippen LogP contribution is -2.37. The van der Waals surface area contributed by atoms with Crippen molar-refractivity contribution in [3.05, 3.63) is 80.8 Å². The van der Waals surface area contributed by atoms with Gasteiger partial charge in [0.15, 0.2) is 11.2 Å². The van der Waals surface area contributed by atoms with E-state index in [-0.39, 0.29) is 11.5 Å². The van der Waals surface area contributed by atoms with Gasteiger partial charge in [-0.3, -0.25) is 14.3 Å². The van der Waals surface area contributed by atoms with Crippen LogP contribution in [0.4, 0.5) is 0 Å². The fourth-order valence-electron chi connectivity index (χ4n) is 4.34. The highest BCUT2D eigenvalue weighted by Crippen LogP contribution is 2.30. The molecule has 0 unspecified atom stereocenters. The molecule has 0 radical (unpaired) electrons. The molecule has 35 heavy (non-hydrogen) atoms. The second-order valence-corrected chi connectivity index (χ2v) is 8.88. The molecule has 0 amide bonds. The summed E-state index contributed by atoms with van der Waals surface area (Å²) < 4.78 is 3.18. The summed E-state index contributed by atoms with van der Waals surface area (Å²) in [6.45, 7) is 6.76. The van der Waals surface area contributed by atoms with Gasteiger partial charge in [0.1, 0.15) is 5.82 Å². The Morgan fingerprint density at radius 3 is 2.37 bits per heavy atom. The minimum Gasteiger partial charge on any atom is -0.318 e. The maximum absolute atomic E-state index is 13.3. The first-order valence-electron chi connectivity index (χ1n) is 11.6. The summed E-state index contributed by atoms with van der Waals surface area (Å²) in [7, 11) is 0. The van der Waals surface area contributed by atoms with E-state index < -0.39 is 5.69 Å². The lowest BCUT2D eigenvalue weighted by Gasteiger charge is -2.11. The summed E-state index contributed by atoms with van der Waals surface area (Å²) in [4.78, 5) is 33.1. The largest absolute Gasteiger partial charge is 0.330 e. The third kappa shape index (κ3) is 4.18. The second kappa shape index (κ2) is 9.13. The van der Waals surface area contributed by atoms with Gasteiger partial charge in [-0.05, 0) is 27.8 Å². The maximum atomic E-state index is 13.3. The van der Waals surface area contributed by atoms with Gasteiger partial charge < -0.3 is 4.57 Å². The van der Waals surface area contributed by atoms with Gasteiger partial charge in [-0.1, -0.05) is 69.3 Å². The number of nitrogens with zero attached hydrogens (tertiary/aromatic N) is 6. The van der Waals surface area contributed by atoms with Crippen LogP contribution >= 0.6 is 0 Å². The molecule has 2 aromatic carbocycles. The lowest BCUT2D eigenvalue weighted by molar-refractivity contribution is 0.494. The van der Waals surface area contributed by atoms with Gasteiger partial charge in [0.05, 0.1) is 0 Å². The van der Waals surface area contributed by atoms with Crippen LogP contribution < -0.4 is 11.2 Å². The van der Waals surface area contributed by atoms with Crippen molar-refractivity contribution in [2.45, 2.75) is 40.3 Å². The van der Waals surface area contributed by atoms with E-state index in [1.54, 1.807) is 0 Å². The van der Waals surface area contributed by atoms with Crippen molar-refractivity contribution in [3.8, 4) is 22.5 Å². The number of aryl methyl sites for hydroxylation is 1. The van der Waals surface area contributed by atoms with Gasteiger partial charge in [0.25, 0.3) is 5.56 Å². The minimum atomic E-state index is -0.423. The summed E-state index contributed by atoms with van der Waals surface area (Å²) >= 11 is 0. The number of nitrogens with one attached hydrogen (secondary N) is 2. The third-order valence-corrected chi connectivity index (χ3v) is 5.95. The number of H-pyrrole nitrogens is 2. The van der Waals surface area contributed by atoms with Crippen LogP contribution in [0.5, 0.6) is 0 Å². The van der Waals surface area contributed by atoms with Crippen LogP contribution in [-0.2, 0) is 19.5 Å². The van der Waals surface area contributed by atoms with E-state index in [1.807, 2.05) is 73.9 Å². The molecular weight excluding hydrogens is 444 g/mol. The SMILES string of the molecule is CCc1nc2[nH]c(=O)n(CC(C)C)c(=O)c2n1Cc1ccc(-c2ccccc2-c2nn[nH]n2)cc1. The van der Waals surface area contributed by atoms with Gasteiger partial charge in [-0.2, -0.15) is 5.21 Å². The summed E-state index contributed by atoms with van der Waals surface area (Å²) in [6, 6.07) is 16.0. The number of imidazole rings is 1. The molecule has 10 heteroatoms. The van der Waals surface area contributed by atoms with Crippen LogP contribution in [0.2, 0.25) is 0 Å². The number of aromatic amines is 2. The molecule has 5 rings (SSSR count). The van der Waals surface area contributed by atoms with Crippen LogP contribution in [0.15, 0.2) is 58.1 Å². The average molecular weight is 471 g/mol. The van der Waals surface area contributed by atoms with Crippen LogP contribution in [0.3, 0.4) is 0 Å². The van der Waals surface area contributed by atoms with Gasteiger partial charge in [-0.25, -0.2) is 9.78 Å². The monoisotopic (exact) mass is 470 g/mol. The smallest absolute Gasteiger partial charge is 0.318 e. The highest BCUT2D eigenvalue weighted by atomic mass is 16.2. The molecule has 0 aliphatic carbocycles. The number of rotatable bonds is 7. The van der Waals surface area contributed by atoms with E-state index in [9.17, 15) is 9.59 Å². The van der Waals surface area contributed by atoms with E-state index in [4.69, 9.17) is 0 Å². The molecule has 0 aliphatic heterocycles. The number of hydrogen-bond acceptors (Lipinski definition) is 6. The highest BCUT2D eigenvalue weighted by Gasteiger charge is 2.18. The normalized spacial score (nSPS) is 11.5. The molecule has 5 aromatic rings. The zero-order valence-corrected chi connectivity index (χ0v) is 19.8. The maximum Gasteiger partial charge on any atom is 0.330 e. The average Bonchev–Trinajstić information content (AvgIpc) is 3.51.